The maximum atomic E-state index is 11.7. The van der Waals surface area contributed by atoms with Gasteiger partial charge in [-0.05, 0) is 33.8 Å². The molecule has 0 radical (unpaired) electrons. The van der Waals surface area contributed by atoms with Gasteiger partial charge in [0.2, 0.25) is 0 Å². The summed E-state index contributed by atoms with van der Waals surface area (Å²) in [6.07, 6.45) is 0. The Labute approximate surface area is 108 Å². The molecule has 1 aromatic heterocycles. The van der Waals surface area contributed by atoms with Crippen molar-refractivity contribution in [2.75, 3.05) is 13.0 Å². The van der Waals surface area contributed by atoms with Crippen LogP contribution in [0.5, 0.6) is 0 Å². The summed E-state index contributed by atoms with van der Waals surface area (Å²) in [4.78, 5) is 11.7. The molecule has 0 atom stereocenters. The summed E-state index contributed by atoms with van der Waals surface area (Å²) in [5.74, 6) is -0.000872. The number of hydrogen-bond acceptors (Lipinski definition) is 2. The molecule has 4 heteroatoms. The molecule has 0 amide bonds. The van der Waals surface area contributed by atoms with Gasteiger partial charge in [-0.2, -0.15) is 0 Å². The van der Waals surface area contributed by atoms with Crippen LogP contribution < -0.4 is 0 Å². The number of rotatable bonds is 5. The zero-order valence-electron chi connectivity index (χ0n) is 11.1. The molecule has 0 aliphatic heterocycles. The second-order valence-corrected chi connectivity index (χ2v) is 5.16. The number of ether oxygens (including phenoxy) is 1. The third-order valence-corrected chi connectivity index (χ3v) is 3.33. The van der Waals surface area contributed by atoms with Crippen LogP contribution in [0.2, 0.25) is 0 Å². The van der Waals surface area contributed by atoms with Gasteiger partial charge in [0.05, 0.1) is 18.0 Å². The Morgan fingerprint density at radius 3 is 2.53 bits per heavy atom. The van der Waals surface area contributed by atoms with Gasteiger partial charge in [0, 0.05) is 24.1 Å². The molecule has 3 nitrogen and oxygen atoms in total. The average molecular weight is 258 g/mol. The molecule has 17 heavy (non-hydrogen) atoms. The molecule has 1 rings (SSSR count). The second-order valence-electron chi connectivity index (χ2n) is 4.89. The highest BCUT2D eigenvalue weighted by Gasteiger charge is 2.21. The number of carbonyl (C=O) groups excluding carboxylic acids is 1. The smallest absolute Gasteiger partial charge is 0.179 e. The van der Waals surface area contributed by atoms with Crippen LogP contribution in [0.4, 0.5) is 0 Å². The molecule has 0 saturated heterocycles. The van der Waals surface area contributed by atoms with E-state index < -0.39 is 0 Å². The molecule has 0 unspecified atom stereocenters. The average Bonchev–Trinajstić information content (AvgIpc) is 2.56. The summed E-state index contributed by atoms with van der Waals surface area (Å²) in [5.41, 5.74) is 2.47. The zero-order chi connectivity index (χ0) is 13.2. The quantitative estimate of drug-likeness (QED) is 0.600. The van der Waals surface area contributed by atoms with Crippen LogP contribution in [0, 0.1) is 13.8 Å². The third kappa shape index (κ3) is 3.11. The molecule has 0 aromatic carbocycles. The molecule has 0 bridgehead atoms. The Balaban J connectivity index is 3.10. The van der Waals surface area contributed by atoms with Crippen molar-refractivity contribution in [1.29, 1.82) is 0 Å². The van der Waals surface area contributed by atoms with Gasteiger partial charge in [-0.1, -0.05) is 0 Å². The lowest BCUT2D eigenvalue weighted by Crippen LogP contribution is -2.30. The fraction of sp³-hybridized carbons (Fsp3) is 0.615. The van der Waals surface area contributed by atoms with Crippen molar-refractivity contribution in [2.24, 2.45) is 0 Å². The summed E-state index contributed by atoms with van der Waals surface area (Å²) < 4.78 is 7.52. The van der Waals surface area contributed by atoms with E-state index in [-0.39, 0.29) is 17.3 Å². The third-order valence-electron chi connectivity index (χ3n) is 3.09. The second kappa shape index (κ2) is 5.23. The highest BCUT2D eigenvalue weighted by molar-refractivity contribution is 6.30. The van der Waals surface area contributed by atoms with E-state index in [2.05, 4.69) is 4.57 Å². The number of aromatic nitrogens is 1. The van der Waals surface area contributed by atoms with Crippen LogP contribution in [0.3, 0.4) is 0 Å². The van der Waals surface area contributed by atoms with Gasteiger partial charge in [-0.3, -0.25) is 4.79 Å². The first-order valence-corrected chi connectivity index (χ1v) is 6.17. The van der Waals surface area contributed by atoms with Crippen molar-refractivity contribution in [3.05, 3.63) is 23.0 Å². The van der Waals surface area contributed by atoms with Crippen LogP contribution >= 0.6 is 11.6 Å². The number of aryl methyl sites for hydroxylation is 1. The van der Waals surface area contributed by atoms with E-state index in [1.165, 1.54) is 0 Å². The van der Waals surface area contributed by atoms with E-state index in [4.69, 9.17) is 16.3 Å². The molecule has 0 aliphatic carbocycles. The van der Waals surface area contributed by atoms with E-state index in [1.54, 1.807) is 7.11 Å². The van der Waals surface area contributed by atoms with Crippen molar-refractivity contribution >= 4 is 17.4 Å². The number of halogens is 1. The molecule has 1 heterocycles. The topological polar surface area (TPSA) is 31.2 Å². The number of methoxy groups -OCH3 is 1. The minimum absolute atomic E-state index is 0.0258. The van der Waals surface area contributed by atoms with E-state index in [0.29, 0.717) is 5.56 Å². The molecule has 0 spiro atoms. The summed E-state index contributed by atoms with van der Waals surface area (Å²) in [6.45, 7) is 8.70. The van der Waals surface area contributed by atoms with E-state index in [1.807, 2.05) is 33.8 Å². The number of carbonyl (C=O) groups is 1. The molecule has 96 valence electrons. The van der Waals surface area contributed by atoms with Crippen LogP contribution in [0.15, 0.2) is 6.07 Å². The van der Waals surface area contributed by atoms with Gasteiger partial charge in [0.1, 0.15) is 0 Å². The molecule has 1 aromatic rings. The van der Waals surface area contributed by atoms with Gasteiger partial charge in [-0.25, -0.2) is 0 Å². The van der Waals surface area contributed by atoms with Gasteiger partial charge in [0.15, 0.2) is 5.78 Å². The molecule has 0 fully saturated rings. The number of hydrogen-bond donors (Lipinski definition) is 0. The molecular weight excluding hydrogens is 238 g/mol. The Morgan fingerprint density at radius 1 is 1.47 bits per heavy atom. The zero-order valence-corrected chi connectivity index (χ0v) is 11.9. The lowest BCUT2D eigenvalue weighted by atomic mass is 10.1. The number of Topliss-reactive ketones (excluding diaryl/α,β-unsaturated/α-hetero) is 1. The van der Waals surface area contributed by atoms with E-state index in [9.17, 15) is 4.79 Å². The lowest BCUT2D eigenvalue weighted by molar-refractivity contribution is 0.00739. The predicted molar refractivity (Wildman–Crippen MR) is 70.0 cm³/mol. The first kappa shape index (κ1) is 14.3. The summed E-state index contributed by atoms with van der Waals surface area (Å²) in [5, 5.41) is 0. The molecule has 0 aliphatic rings. The summed E-state index contributed by atoms with van der Waals surface area (Å²) >= 11 is 5.60. The largest absolute Gasteiger partial charge is 0.377 e. The van der Waals surface area contributed by atoms with Gasteiger partial charge >= 0.3 is 0 Å². The van der Waals surface area contributed by atoms with Crippen molar-refractivity contribution in [3.8, 4) is 0 Å². The monoisotopic (exact) mass is 257 g/mol. The van der Waals surface area contributed by atoms with Crippen LogP contribution in [-0.4, -0.2) is 28.9 Å². The van der Waals surface area contributed by atoms with E-state index >= 15 is 0 Å². The van der Waals surface area contributed by atoms with Crippen molar-refractivity contribution in [1.82, 2.24) is 4.57 Å². The number of alkyl halides is 1. The Morgan fingerprint density at radius 2 is 2.06 bits per heavy atom. The first-order chi connectivity index (χ1) is 7.82. The first-order valence-electron chi connectivity index (χ1n) is 5.63. The van der Waals surface area contributed by atoms with E-state index in [0.717, 1.165) is 17.9 Å². The standard InChI is InChI=1S/C13H20ClNO2/c1-9-6-11(12(16)7-14)10(2)15(9)8-13(3,4)17-5/h6H,7-8H2,1-5H3. The van der Waals surface area contributed by atoms with Gasteiger partial charge < -0.3 is 9.30 Å². The van der Waals surface area contributed by atoms with Crippen LogP contribution in [-0.2, 0) is 11.3 Å². The normalized spacial score (nSPS) is 11.9. The maximum absolute atomic E-state index is 11.7. The summed E-state index contributed by atoms with van der Waals surface area (Å²) in [7, 11) is 1.69. The van der Waals surface area contributed by atoms with Gasteiger partial charge in [0.25, 0.3) is 0 Å². The highest BCUT2D eigenvalue weighted by atomic mass is 35.5. The highest BCUT2D eigenvalue weighted by Crippen LogP contribution is 2.20. The van der Waals surface area contributed by atoms with Crippen molar-refractivity contribution < 1.29 is 9.53 Å². The van der Waals surface area contributed by atoms with Crippen molar-refractivity contribution in [2.45, 2.75) is 39.8 Å². The predicted octanol–water partition coefficient (Wildman–Crippen LogP) is 2.95. The van der Waals surface area contributed by atoms with Gasteiger partial charge in [-0.15, -0.1) is 11.6 Å². The lowest BCUT2D eigenvalue weighted by Gasteiger charge is -2.25. The van der Waals surface area contributed by atoms with Crippen LogP contribution in [0.25, 0.3) is 0 Å². The Bertz CT molecular complexity index is 421. The molecular formula is C13H20ClNO2. The minimum Gasteiger partial charge on any atom is -0.377 e. The Kier molecular flexibility index (Phi) is 4.39. The fourth-order valence-corrected chi connectivity index (χ4v) is 1.99. The van der Waals surface area contributed by atoms with Crippen molar-refractivity contribution in [3.63, 3.8) is 0 Å². The minimum atomic E-state index is -0.254. The summed E-state index contributed by atoms with van der Waals surface area (Å²) in [6, 6.07) is 1.89. The van der Waals surface area contributed by atoms with Crippen LogP contribution in [0.1, 0.15) is 35.6 Å². The maximum Gasteiger partial charge on any atom is 0.179 e. The number of nitrogens with zero attached hydrogens (tertiary/aromatic N) is 1. The number of ketones is 1. The SMILES string of the molecule is COC(C)(C)Cn1c(C)cc(C(=O)CCl)c1C. The molecule has 0 saturated carbocycles. The fourth-order valence-electron chi connectivity index (χ4n) is 1.84. The Hall–Kier alpha value is -0.800. The molecule has 0 N–H and O–H groups in total.